The number of H-pyrrole nitrogens is 1. The molecule has 0 fully saturated rings. The van der Waals surface area contributed by atoms with Crippen molar-refractivity contribution in [3.63, 3.8) is 0 Å². The topological polar surface area (TPSA) is 336 Å². The number of ether oxygens (including phenoxy) is 1. The van der Waals surface area contributed by atoms with E-state index in [4.69, 9.17) is 4.74 Å². The molecule has 0 bridgehead atoms. The van der Waals surface area contributed by atoms with Crippen LogP contribution in [0, 0.1) is 32.1 Å². The number of carbonyl (C=O) groups excluding carboxylic acids is 6. The first kappa shape index (κ1) is 54.7. The number of anilines is 2. The van der Waals surface area contributed by atoms with Crippen LogP contribution in [0.4, 0.5) is 27.8 Å². The molecule has 0 saturated heterocycles. The summed E-state index contributed by atoms with van der Waals surface area (Å²) in [5.41, 5.74) is -2.25. The molecular weight excluding hydrogens is 913 g/mol. The van der Waals surface area contributed by atoms with Crippen molar-refractivity contribution in [2.24, 2.45) is 11.8 Å². The Balaban J connectivity index is 1.76. The SMILES string of the molecule is CC(C)C[C@H](NC(=O)C[C@H](O)[C@H](CC(C)C)N(C(=O)[C@H](Cc1c[nH]cn1)NC(=O)[C@H](Cc1ccccc1)NC(=O)OC(C)(C)C)c1ccc([N+](=O)[O-])cc1[N+](=O)[O-])C(=O)NC(=O)CNc1ncccn1. The van der Waals surface area contributed by atoms with Gasteiger partial charge in [-0.2, -0.15) is 0 Å². The fraction of sp³-hybridized carbons (Fsp3) is 0.457. The average molecular weight is 973 g/mol. The number of alkyl carbamates (subject to hydrolysis) is 1. The summed E-state index contributed by atoms with van der Waals surface area (Å²) < 4.78 is 5.44. The number of benzene rings is 2. The predicted molar refractivity (Wildman–Crippen MR) is 254 cm³/mol. The number of aromatic nitrogens is 4. The Labute approximate surface area is 403 Å². The summed E-state index contributed by atoms with van der Waals surface area (Å²) >= 11 is 0. The van der Waals surface area contributed by atoms with E-state index in [0.29, 0.717) is 11.6 Å². The fourth-order valence-corrected chi connectivity index (χ4v) is 7.22. The number of aliphatic hydroxyl groups excluding tert-OH is 1. The lowest BCUT2D eigenvalue weighted by atomic mass is 9.93. The lowest BCUT2D eigenvalue weighted by Gasteiger charge is -2.38. The highest BCUT2D eigenvalue weighted by molar-refractivity contribution is 6.03. The highest BCUT2D eigenvalue weighted by Gasteiger charge is 2.41. The van der Waals surface area contributed by atoms with E-state index in [9.17, 15) is 49.3 Å². The van der Waals surface area contributed by atoms with Crippen LogP contribution in [0.3, 0.4) is 0 Å². The molecule has 24 nitrogen and oxygen atoms in total. The Morgan fingerprint density at radius 1 is 0.786 bits per heavy atom. The van der Waals surface area contributed by atoms with Gasteiger partial charge >= 0.3 is 6.09 Å². The first-order valence-corrected chi connectivity index (χ1v) is 22.4. The monoisotopic (exact) mass is 972 g/mol. The standard InChI is InChI=1S/C46H60N12O12/c1-27(2)18-32(42(63)55-40(61)25-50-44-48-16-11-17-49-44)52-39(60)23-38(59)37(19-28(3)4)56(35-15-14-31(57(66)67)22-36(35)58(68)69)43(64)34(21-30-24-47-26-51-30)53-41(62)33(20-29-12-9-8-10-13-29)54-45(65)70-46(5,6)7/h8-17,22,24,26-28,32-34,37-38,59H,18-21,23,25H2,1-7H3,(H,47,51)(H,52,60)(H,53,62)(H,54,65)(H,48,49,50)(H,55,61,63)/t32-,33-,34-,37-,38-/m0/s1. The van der Waals surface area contributed by atoms with Gasteiger partial charge in [0, 0.05) is 37.5 Å². The number of amides is 6. The van der Waals surface area contributed by atoms with Crippen LogP contribution in [0.2, 0.25) is 0 Å². The van der Waals surface area contributed by atoms with Crippen molar-refractivity contribution in [3.05, 3.63) is 111 Å². The maximum absolute atomic E-state index is 15.4. The largest absolute Gasteiger partial charge is 0.444 e. The van der Waals surface area contributed by atoms with E-state index >= 15 is 4.79 Å². The number of rotatable bonds is 24. The van der Waals surface area contributed by atoms with E-state index in [1.54, 1.807) is 84.9 Å². The minimum Gasteiger partial charge on any atom is -0.444 e. The number of nitro groups is 2. The summed E-state index contributed by atoms with van der Waals surface area (Å²) in [6.07, 6.45) is 1.49. The second kappa shape index (κ2) is 25.5. The highest BCUT2D eigenvalue weighted by Crippen LogP contribution is 2.36. The normalized spacial score (nSPS) is 13.5. The van der Waals surface area contributed by atoms with Crippen LogP contribution in [0.15, 0.2) is 79.5 Å². The van der Waals surface area contributed by atoms with E-state index in [2.05, 4.69) is 46.5 Å². The van der Waals surface area contributed by atoms with Crippen LogP contribution in [0.5, 0.6) is 0 Å². The molecule has 0 spiro atoms. The zero-order valence-corrected chi connectivity index (χ0v) is 39.9. The molecule has 2 aromatic carbocycles. The molecule has 376 valence electrons. The summed E-state index contributed by atoms with van der Waals surface area (Å²) in [6.45, 7) is 11.5. The number of carbonyl (C=O) groups is 6. The van der Waals surface area contributed by atoms with Gasteiger partial charge in [0.25, 0.3) is 17.3 Å². The van der Waals surface area contributed by atoms with Crippen molar-refractivity contribution in [1.82, 2.24) is 41.2 Å². The third-order valence-electron chi connectivity index (χ3n) is 10.2. The first-order valence-electron chi connectivity index (χ1n) is 22.4. The third kappa shape index (κ3) is 17.3. The summed E-state index contributed by atoms with van der Waals surface area (Å²) in [5.74, 6) is -4.95. The molecule has 0 unspecified atom stereocenters. The van der Waals surface area contributed by atoms with Crippen molar-refractivity contribution in [2.75, 3.05) is 16.8 Å². The Morgan fingerprint density at radius 2 is 1.46 bits per heavy atom. The van der Waals surface area contributed by atoms with Gasteiger partial charge in [-0.1, -0.05) is 58.0 Å². The minimum atomic E-state index is -1.86. The molecule has 7 N–H and O–H groups in total. The van der Waals surface area contributed by atoms with E-state index in [-0.39, 0.29) is 49.8 Å². The van der Waals surface area contributed by atoms with Crippen molar-refractivity contribution in [1.29, 1.82) is 0 Å². The predicted octanol–water partition coefficient (Wildman–Crippen LogP) is 3.66. The molecule has 0 aliphatic carbocycles. The zero-order valence-electron chi connectivity index (χ0n) is 39.9. The van der Waals surface area contributed by atoms with Gasteiger partial charge in [0.05, 0.1) is 53.0 Å². The van der Waals surface area contributed by atoms with Crippen molar-refractivity contribution in [3.8, 4) is 0 Å². The third-order valence-corrected chi connectivity index (χ3v) is 10.2. The Bertz CT molecular complexity index is 2430. The molecule has 4 aromatic rings. The van der Waals surface area contributed by atoms with Crippen LogP contribution >= 0.6 is 0 Å². The van der Waals surface area contributed by atoms with Gasteiger partial charge in [-0.15, -0.1) is 0 Å². The summed E-state index contributed by atoms with van der Waals surface area (Å²) in [5, 5.41) is 49.4. The lowest BCUT2D eigenvalue weighted by Crippen LogP contribution is -2.59. The first-order chi connectivity index (χ1) is 33.0. The Hall–Kier alpha value is -7.89. The molecule has 5 atom stereocenters. The smallest absolute Gasteiger partial charge is 0.408 e. The number of nitro benzene ring substituents is 2. The number of non-ortho nitro benzene ring substituents is 1. The van der Waals surface area contributed by atoms with Crippen LogP contribution in [-0.2, 0) is 41.6 Å². The second-order valence-electron chi connectivity index (χ2n) is 18.2. The number of aromatic amines is 1. The maximum Gasteiger partial charge on any atom is 0.408 e. The Morgan fingerprint density at radius 3 is 2.04 bits per heavy atom. The number of nitrogens with zero attached hydrogens (tertiary/aromatic N) is 6. The number of hydrogen-bond acceptors (Lipinski definition) is 16. The van der Waals surface area contributed by atoms with Gasteiger partial charge in [-0.3, -0.25) is 54.4 Å². The lowest BCUT2D eigenvalue weighted by molar-refractivity contribution is -0.393. The molecular formula is C46H60N12O12. The van der Waals surface area contributed by atoms with E-state index in [1.165, 1.54) is 24.9 Å². The van der Waals surface area contributed by atoms with E-state index in [1.807, 2.05) is 0 Å². The number of nitrogens with one attached hydrogen (secondary N) is 6. The number of hydrogen-bond donors (Lipinski definition) is 7. The van der Waals surface area contributed by atoms with E-state index in [0.717, 1.165) is 17.0 Å². The minimum absolute atomic E-state index is 0.0494. The molecule has 0 saturated carbocycles. The molecule has 6 amide bonds. The maximum atomic E-state index is 15.4. The summed E-state index contributed by atoms with van der Waals surface area (Å²) in [6, 6.07) is 6.87. The average Bonchev–Trinajstić information content (AvgIpc) is 3.80. The molecule has 24 heteroatoms. The van der Waals surface area contributed by atoms with Gasteiger partial charge in [0.1, 0.15) is 29.4 Å². The number of imide groups is 1. The van der Waals surface area contributed by atoms with Gasteiger partial charge in [-0.25, -0.2) is 19.7 Å². The summed E-state index contributed by atoms with van der Waals surface area (Å²) in [4.78, 5) is 122. The van der Waals surface area contributed by atoms with Gasteiger partial charge in [-0.05, 0) is 63.1 Å². The van der Waals surface area contributed by atoms with Crippen LogP contribution in [-0.4, -0.2) is 113 Å². The number of aliphatic hydroxyl groups is 1. The van der Waals surface area contributed by atoms with Gasteiger partial charge < -0.3 is 36.1 Å². The van der Waals surface area contributed by atoms with Crippen molar-refractivity contribution < 1.29 is 48.5 Å². The number of imidazole rings is 1. The second-order valence-corrected chi connectivity index (χ2v) is 18.2. The van der Waals surface area contributed by atoms with Crippen molar-refractivity contribution in [2.45, 2.75) is 116 Å². The molecule has 2 aromatic heterocycles. The molecule has 0 radical (unpaired) electrons. The fourth-order valence-electron chi connectivity index (χ4n) is 7.22. The zero-order chi connectivity index (χ0) is 51.7. The van der Waals surface area contributed by atoms with Crippen LogP contribution < -0.4 is 31.5 Å². The highest BCUT2D eigenvalue weighted by atomic mass is 16.6. The molecule has 2 heterocycles. The molecule has 4 rings (SSSR count). The Kier molecular flexibility index (Phi) is 19.9. The molecule has 0 aliphatic rings. The van der Waals surface area contributed by atoms with Crippen molar-refractivity contribution >= 4 is 58.6 Å². The molecule has 0 aliphatic heterocycles. The summed E-state index contributed by atoms with van der Waals surface area (Å²) in [7, 11) is 0. The van der Waals surface area contributed by atoms with Crippen LogP contribution in [0.1, 0.15) is 79.0 Å². The molecule has 70 heavy (non-hydrogen) atoms. The van der Waals surface area contributed by atoms with Gasteiger partial charge in [0.2, 0.25) is 29.6 Å². The van der Waals surface area contributed by atoms with Gasteiger partial charge in [0.15, 0.2) is 0 Å². The quantitative estimate of drug-likeness (QED) is 0.0389. The van der Waals surface area contributed by atoms with E-state index < -0.39 is 111 Å². The van der Waals surface area contributed by atoms with Crippen LogP contribution in [0.25, 0.3) is 0 Å².